The zero-order valence-corrected chi connectivity index (χ0v) is 14.4. The van der Waals surface area contributed by atoms with Crippen LogP contribution in [0.1, 0.15) is 31.1 Å². The fourth-order valence-electron chi connectivity index (χ4n) is 3.71. The van der Waals surface area contributed by atoms with E-state index in [4.69, 9.17) is 0 Å². The lowest BCUT2D eigenvalue weighted by Gasteiger charge is -2.07. The van der Waals surface area contributed by atoms with Crippen LogP contribution in [0.3, 0.4) is 0 Å². The van der Waals surface area contributed by atoms with E-state index in [9.17, 15) is 0 Å². The van der Waals surface area contributed by atoms with Crippen LogP contribution in [-0.4, -0.2) is 16.5 Å². The number of imidazole rings is 1. The normalized spacial score (nSPS) is 22.0. The summed E-state index contributed by atoms with van der Waals surface area (Å²) in [5.74, 6) is 1.08. The zero-order chi connectivity index (χ0) is 15.4. The van der Waals surface area contributed by atoms with E-state index < -0.39 is 0 Å². The summed E-state index contributed by atoms with van der Waals surface area (Å²) in [5.41, 5.74) is 2.88. The maximum absolute atomic E-state index is 4.64. The quantitative estimate of drug-likeness (QED) is 0.682. The second-order valence-corrected chi connectivity index (χ2v) is 7.94. The van der Waals surface area contributed by atoms with Crippen molar-refractivity contribution in [2.45, 2.75) is 25.3 Å². The Hall–Kier alpha value is -1.65. The number of nitrogens with zero attached hydrogens (tertiary/aromatic N) is 1. The summed E-state index contributed by atoms with van der Waals surface area (Å²) < 4.78 is 1.11. The highest BCUT2D eigenvalue weighted by molar-refractivity contribution is 9.10. The molecule has 2 fully saturated rings. The highest BCUT2D eigenvalue weighted by Gasteiger charge is 2.49. The molecule has 2 N–H and O–H groups in total. The van der Waals surface area contributed by atoms with Crippen LogP contribution < -0.4 is 5.32 Å². The first-order valence-corrected chi connectivity index (χ1v) is 8.98. The number of H-pyrrole nitrogens is 1. The third-order valence-electron chi connectivity index (χ3n) is 5.36. The Labute approximate surface area is 143 Å². The molecule has 5 rings (SSSR count). The van der Waals surface area contributed by atoms with E-state index in [1.165, 1.54) is 35.6 Å². The second kappa shape index (κ2) is 4.92. The van der Waals surface area contributed by atoms with Gasteiger partial charge in [-0.1, -0.05) is 34.1 Å². The summed E-state index contributed by atoms with van der Waals surface area (Å²) in [6.07, 6.45) is 5.95. The number of benzene rings is 2. The molecule has 1 aliphatic heterocycles. The van der Waals surface area contributed by atoms with E-state index in [-0.39, 0.29) is 0 Å². The number of hydrogen-bond donors (Lipinski definition) is 2. The fraction of sp³-hybridized carbons (Fsp3) is 0.316. The molecule has 1 atom stereocenters. The first-order valence-electron chi connectivity index (χ1n) is 8.19. The monoisotopic (exact) mass is 367 g/mol. The average molecular weight is 368 g/mol. The number of aromatic nitrogens is 2. The van der Waals surface area contributed by atoms with Gasteiger partial charge in [-0.25, -0.2) is 4.98 Å². The molecule has 1 saturated heterocycles. The lowest BCUT2D eigenvalue weighted by Crippen LogP contribution is -2.15. The molecule has 1 aromatic heterocycles. The van der Waals surface area contributed by atoms with Gasteiger partial charge in [-0.2, -0.15) is 0 Å². The highest BCUT2D eigenvalue weighted by Crippen LogP contribution is 2.54. The Bertz CT molecular complexity index is 895. The van der Waals surface area contributed by atoms with Crippen molar-refractivity contribution in [2.75, 3.05) is 6.54 Å². The largest absolute Gasteiger partial charge is 0.341 e. The number of aromatic amines is 1. The molecule has 116 valence electrons. The first kappa shape index (κ1) is 13.8. The van der Waals surface area contributed by atoms with Gasteiger partial charge in [0.05, 0.1) is 17.9 Å². The SMILES string of the molecule is Brc1ccc2cc(-c3cnc([C@@H]4CC5(CC5)CN4)[nH]3)ccc2c1. The van der Waals surface area contributed by atoms with Gasteiger partial charge < -0.3 is 10.3 Å². The van der Waals surface area contributed by atoms with Gasteiger partial charge >= 0.3 is 0 Å². The van der Waals surface area contributed by atoms with Crippen molar-refractivity contribution in [1.82, 2.24) is 15.3 Å². The highest BCUT2D eigenvalue weighted by atomic mass is 79.9. The van der Waals surface area contributed by atoms with Gasteiger partial charge in [-0.15, -0.1) is 0 Å². The number of hydrogen-bond acceptors (Lipinski definition) is 2. The van der Waals surface area contributed by atoms with Crippen molar-refractivity contribution in [3.63, 3.8) is 0 Å². The topological polar surface area (TPSA) is 40.7 Å². The van der Waals surface area contributed by atoms with Crippen LogP contribution in [0.2, 0.25) is 0 Å². The molecule has 2 heterocycles. The van der Waals surface area contributed by atoms with Gasteiger partial charge in [-0.3, -0.25) is 0 Å². The van der Waals surface area contributed by atoms with E-state index >= 15 is 0 Å². The zero-order valence-electron chi connectivity index (χ0n) is 12.8. The standard InChI is InChI=1S/C19H18BrN3/c20-15-4-3-12-7-14(2-1-13(12)8-15)17-10-21-18(23-17)16-9-19(5-6-19)11-22-16/h1-4,7-8,10,16,22H,5-6,9,11H2,(H,21,23)/t16-/m0/s1. The molecule has 23 heavy (non-hydrogen) atoms. The van der Waals surface area contributed by atoms with E-state index in [2.05, 4.69) is 67.6 Å². The molecule has 0 amide bonds. The minimum atomic E-state index is 0.391. The summed E-state index contributed by atoms with van der Waals surface area (Å²) in [6.45, 7) is 1.15. The van der Waals surface area contributed by atoms with Crippen molar-refractivity contribution in [3.05, 3.63) is 52.9 Å². The molecule has 3 nitrogen and oxygen atoms in total. The molecule has 2 aliphatic rings. The lowest BCUT2D eigenvalue weighted by molar-refractivity contribution is 0.543. The van der Waals surface area contributed by atoms with E-state index in [0.29, 0.717) is 11.5 Å². The van der Waals surface area contributed by atoms with Crippen LogP contribution in [-0.2, 0) is 0 Å². The molecular formula is C19H18BrN3. The predicted octanol–water partition coefficient (Wildman–Crippen LogP) is 4.81. The van der Waals surface area contributed by atoms with Crippen molar-refractivity contribution >= 4 is 26.7 Å². The van der Waals surface area contributed by atoms with Crippen molar-refractivity contribution in [1.29, 1.82) is 0 Å². The van der Waals surface area contributed by atoms with Crippen LogP contribution in [0.5, 0.6) is 0 Å². The van der Waals surface area contributed by atoms with Gasteiger partial charge in [0.15, 0.2) is 0 Å². The van der Waals surface area contributed by atoms with Crippen LogP contribution in [0.15, 0.2) is 47.1 Å². The summed E-state index contributed by atoms with van der Waals surface area (Å²) in [4.78, 5) is 8.17. The smallest absolute Gasteiger partial charge is 0.123 e. The molecule has 0 unspecified atom stereocenters. The molecule has 1 spiro atoms. The third kappa shape index (κ3) is 2.41. The lowest BCUT2D eigenvalue weighted by atomic mass is 10.0. The van der Waals surface area contributed by atoms with Gasteiger partial charge in [-0.05, 0) is 53.6 Å². The second-order valence-electron chi connectivity index (χ2n) is 7.03. The Morgan fingerprint density at radius 2 is 1.91 bits per heavy atom. The van der Waals surface area contributed by atoms with Crippen LogP contribution >= 0.6 is 15.9 Å². The van der Waals surface area contributed by atoms with Crippen molar-refractivity contribution < 1.29 is 0 Å². The van der Waals surface area contributed by atoms with Crippen LogP contribution in [0.25, 0.3) is 22.0 Å². The number of halogens is 1. The Morgan fingerprint density at radius 3 is 2.74 bits per heavy atom. The van der Waals surface area contributed by atoms with Crippen molar-refractivity contribution in [3.8, 4) is 11.3 Å². The molecule has 1 saturated carbocycles. The van der Waals surface area contributed by atoms with Crippen LogP contribution in [0, 0.1) is 5.41 Å². The molecule has 0 radical (unpaired) electrons. The first-order chi connectivity index (χ1) is 11.2. The van der Waals surface area contributed by atoms with E-state index in [1.807, 2.05) is 6.20 Å². The Kier molecular flexibility index (Phi) is 2.94. The van der Waals surface area contributed by atoms with Gasteiger partial charge in [0.1, 0.15) is 5.82 Å². The summed E-state index contributed by atoms with van der Waals surface area (Å²) >= 11 is 3.53. The average Bonchev–Trinajstić information content (AvgIpc) is 2.97. The number of fused-ring (bicyclic) bond motifs is 1. The molecule has 3 aromatic rings. The van der Waals surface area contributed by atoms with Gasteiger partial charge in [0, 0.05) is 16.6 Å². The Morgan fingerprint density at radius 1 is 1.09 bits per heavy atom. The van der Waals surface area contributed by atoms with E-state index in [1.54, 1.807) is 0 Å². The van der Waals surface area contributed by atoms with Gasteiger partial charge in [0.2, 0.25) is 0 Å². The van der Waals surface area contributed by atoms with Crippen molar-refractivity contribution in [2.24, 2.45) is 5.41 Å². The molecule has 0 bridgehead atoms. The maximum atomic E-state index is 4.64. The maximum Gasteiger partial charge on any atom is 0.123 e. The molecule has 2 aromatic carbocycles. The molecular weight excluding hydrogens is 350 g/mol. The summed E-state index contributed by atoms with van der Waals surface area (Å²) in [5, 5.41) is 6.12. The minimum Gasteiger partial charge on any atom is -0.341 e. The van der Waals surface area contributed by atoms with E-state index in [0.717, 1.165) is 22.5 Å². The Balaban J connectivity index is 1.46. The predicted molar refractivity (Wildman–Crippen MR) is 96.3 cm³/mol. The molecule has 4 heteroatoms. The number of nitrogens with one attached hydrogen (secondary N) is 2. The minimum absolute atomic E-state index is 0.391. The van der Waals surface area contributed by atoms with Crippen LogP contribution in [0.4, 0.5) is 0 Å². The van der Waals surface area contributed by atoms with Gasteiger partial charge in [0.25, 0.3) is 0 Å². The molecule has 1 aliphatic carbocycles. The third-order valence-corrected chi connectivity index (χ3v) is 5.85. The summed E-state index contributed by atoms with van der Waals surface area (Å²) in [6, 6.07) is 13.3. The summed E-state index contributed by atoms with van der Waals surface area (Å²) in [7, 11) is 0. The fourth-order valence-corrected chi connectivity index (χ4v) is 4.09. The number of rotatable bonds is 2.